The van der Waals surface area contributed by atoms with Crippen molar-refractivity contribution in [2.24, 2.45) is 0 Å². The summed E-state index contributed by atoms with van der Waals surface area (Å²) in [5.41, 5.74) is 2.31. The molecule has 0 aromatic heterocycles. The third-order valence-electron chi connectivity index (χ3n) is 2.97. The Balaban J connectivity index is 1.98. The van der Waals surface area contributed by atoms with Gasteiger partial charge in [0.1, 0.15) is 5.75 Å². The quantitative estimate of drug-likeness (QED) is 0.791. The molecular weight excluding hydrogens is 268 g/mol. The molecule has 2 aromatic carbocycles. The van der Waals surface area contributed by atoms with Crippen LogP contribution >= 0.6 is 0 Å². The first-order valence-electron chi connectivity index (χ1n) is 6.63. The van der Waals surface area contributed by atoms with Gasteiger partial charge in [-0.05, 0) is 36.2 Å². The van der Waals surface area contributed by atoms with Gasteiger partial charge in [-0.15, -0.1) is 0 Å². The van der Waals surface area contributed by atoms with E-state index in [1.165, 1.54) is 0 Å². The molecule has 0 unspecified atom stereocenters. The zero-order chi connectivity index (χ0) is 15.1. The number of anilines is 2. The lowest BCUT2D eigenvalue weighted by molar-refractivity contribution is 0.262. The second kappa shape index (κ2) is 7.31. The Morgan fingerprint density at radius 1 is 1.10 bits per heavy atom. The number of amides is 2. The minimum Gasteiger partial charge on any atom is -0.495 e. The van der Waals surface area contributed by atoms with E-state index >= 15 is 0 Å². The molecule has 0 aliphatic carbocycles. The number of aliphatic hydroxyl groups is 1. The number of methoxy groups -OCH3 is 1. The smallest absolute Gasteiger partial charge is 0.323 e. The van der Waals surface area contributed by atoms with E-state index in [4.69, 9.17) is 9.84 Å². The fourth-order valence-corrected chi connectivity index (χ4v) is 1.92. The third kappa shape index (κ3) is 4.22. The molecule has 0 heterocycles. The number of carbonyl (C=O) groups excluding carboxylic acids is 1. The minimum atomic E-state index is -0.339. The molecular formula is C16H18N2O3. The van der Waals surface area contributed by atoms with Gasteiger partial charge in [-0.25, -0.2) is 4.79 Å². The first kappa shape index (κ1) is 14.9. The van der Waals surface area contributed by atoms with Crippen molar-refractivity contribution in [2.45, 2.75) is 6.42 Å². The van der Waals surface area contributed by atoms with Gasteiger partial charge in [-0.2, -0.15) is 0 Å². The molecule has 21 heavy (non-hydrogen) atoms. The number of hydrogen-bond acceptors (Lipinski definition) is 3. The molecule has 2 amide bonds. The molecule has 2 rings (SSSR count). The van der Waals surface area contributed by atoms with Crippen LogP contribution in [-0.2, 0) is 6.42 Å². The molecule has 5 nitrogen and oxygen atoms in total. The van der Waals surface area contributed by atoms with Crippen LogP contribution in [0.1, 0.15) is 5.56 Å². The SMILES string of the molecule is COc1ccccc1NC(=O)Nc1ccc(CCO)cc1. The van der Waals surface area contributed by atoms with Crippen molar-refractivity contribution in [3.05, 3.63) is 54.1 Å². The summed E-state index contributed by atoms with van der Waals surface area (Å²) < 4.78 is 5.17. The average Bonchev–Trinajstić information content (AvgIpc) is 2.50. The van der Waals surface area contributed by atoms with E-state index < -0.39 is 0 Å². The number of rotatable bonds is 5. The Morgan fingerprint density at radius 3 is 2.48 bits per heavy atom. The van der Waals surface area contributed by atoms with Gasteiger partial charge < -0.3 is 20.5 Å². The van der Waals surface area contributed by atoms with E-state index in [1.807, 2.05) is 24.3 Å². The molecule has 0 bridgehead atoms. The number of benzene rings is 2. The second-order valence-electron chi connectivity index (χ2n) is 4.45. The van der Waals surface area contributed by atoms with Crippen molar-refractivity contribution in [1.82, 2.24) is 0 Å². The van der Waals surface area contributed by atoms with Gasteiger partial charge in [-0.3, -0.25) is 0 Å². The lowest BCUT2D eigenvalue weighted by Crippen LogP contribution is -2.19. The zero-order valence-electron chi connectivity index (χ0n) is 11.8. The van der Waals surface area contributed by atoms with Crippen LogP contribution < -0.4 is 15.4 Å². The fraction of sp³-hybridized carbons (Fsp3) is 0.188. The van der Waals surface area contributed by atoms with Crippen LogP contribution in [0.5, 0.6) is 5.75 Å². The second-order valence-corrected chi connectivity index (χ2v) is 4.45. The standard InChI is InChI=1S/C16H18N2O3/c1-21-15-5-3-2-4-14(15)18-16(20)17-13-8-6-12(7-9-13)10-11-19/h2-9,19H,10-11H2,1H3,(H2,17,18,20). The fourth-order valence-electron chi connectivity index (χ4n) is 1.92. The predicted octanol–water partition coefficient (Wildman–Crippen LogP) is 2.87. The first-order chi connectivity index (χ1) is 10.2. The summed E-state index contributed by atoms with van der Waals surface area (Å²) in [6.45, 7) is 0.112. The number of carbonyl (C=O) groups is 1. The maximum Gasteiger partial charge on any atom is 0.323 e. The molecule has 110 valence electrons. The summed E-state index contributed by atoms with van der Waals surface area (Å²) in [6, 6.07) is 14.2. The number of para-hydroxylation sites is 2. The average molecular weight is 286 g/mol. The highest BCUT2D eigenvalue weighted by atomic mass is 16.5. The lowest BCUT2D eigenvalue weighted by Gasteiger charge is -2.11. The van der Waals surface area contributed by atoms with Crippen molar-refractivity contribution in [3.63, 3.8) is 0 Å². The molecule has 0 aliphatic rings. The summed E-state index contributed by atoms with van der Waals surface area (Å²) in [7, 11) is 1.55. The summed E-state index contributed by atoms with van der Waals surface area (Å²) >= 11 is 0. The topological polar surface area (TPSA) is 70.6 Å². The molecule has 0 spiro atoms. The van der Waals surface area contributed by atoms with Gasteiger partial charge in [0.25, 0.3) is 0 Å². The van der Waals surface area contributed by atoms with Crippen LogP contribution in [0.3, 0.4) is 0 Å². The summed E-state index contributed by atoms with van der Waals surface area (Å²) in [4.78, 5) is 11.9. The third-order valence-corrected chi connectivity index (χ3v) is 2.97. The Kier molecular flexibility index (Phi) is 5.17. The number of ether oxygens (including phenoxy) is 1. The molecule has 2 aromatic rings. The highest BCUT2D eigenvalue weighted by Crippen LogP contribution is 2.23. The van der Waals surface area contributed by atoms with Crippen molar-refractivity contribution < 1.29 is 14.6 Å². The highest BCUT2D eigenvalue weighted by Gasteiger charge is 2.06. The summed E-state index contributed by atoms with van der Waals surface area (Å²) in [5, 5.41) is 14.3. The largest absolute Gasteiger partial charge is 0.495 e. The van der Waals surface area contributed by atoms with Crippen molar-refractivity contribution >= 4 is 17.4 Å². The number of hydrogen-bond donors (Lipinski definition) is 3. The molecule has 0 atom stereocenters. The number of aliphatic hydroxyl groups excluding tert-OH is 1. The monoisotopic (exact) mass is 286 g/mol. The van der Waals surface area contributed by atoms with Crippen LogP contribution in [0.2, 0.25) is 0 Å². The highest BCUT2D eigenvalue weighted by molar-refractivity contribution is 6.00. The minimum absolute atomic E-state index is 0.112. The molecule has 0 fully saturated rings. The van der Waals surface area contributed by atoms with Crippen molar-refractivity contribution in [3.8, 4) is 5.75 Å². The predicted molar refractivity (Wildman–Crippen MR) is 82.9 cm³/mol. The Labute approximate surface area is 123 Å². The van der Waals surface area contributed by atoms with Gasteiger partial charge in [-0.1, -0.05) is 24.3 Å². The normalized spacial score (nSPS) is 10.0. The molecule has 0 radical (unpaired) electrons. The van der Waals surface area contributed by atoms with E-state index in [-0.39, 0.29) is 12.6 Å². The number of urea groups is 1. The Bertz CT molecular complexity index is 597. The van der Waals surface area contributed by atoms with E-state index in [2.05, 4.69) is 10.6 Å². The van der Waals surface area contributed by atoms with Crippen molar-refractivity contribution in [2.75, 3.05) is 24.4 Å². The zero-order valence-corrected chi connectivity index (χ0v) is 11.8. The Hall–Kier alpha value is -2.53. The van der Waals surface area contributed by atoms with Crippen molar-refractivity contribution in [1.29, 1.82) is 0 Å². The van der Waals surface area contributed by atoms with Crippen LogP contribution in [0.15, 0.2) is 48.5 Å². The summed E-state index contributed by atoms with van der Waals surface area (Å²) in [6.07, 6.45) is 0.605. The molecule has 0 saturated carbocycles. The lowest BCUT2D eigenvalue weighted by atomic mass is 10.1. The molecule has 0 saturated heterocycles. The van der Waals surface area contributed by atoms with E-state index in [0.29, 0.717) is 23.5 Å². The maximum absolute atomic E-state index is 11.9. The van der Waals surface area contributed by atoms with Crippen LogP contribution in [-0.4, -0.2) is 24.9 Å². The van der Waals surface area contributed by atoms with Gasteiger partial charge in [0.15, 0.2) is 0 Å². The Morgan fingerprint density at radius 2 is 1.81 bits per heavy atom. The number of nitrogens with one attached hydrogen (secondary N) is 2. The van der Waals surface area contributed by atoms with E-state index in [0.717, 1.165) is 5.56 Å². The van der Waals surface area contributed by atoms with E-state index in [1.54, 1.807) is 31.4 Å². The summed E-state index contributed by atoms with van der Waals surface area (Å²) in [5.74, 6) is 0.603. The van der Waals surface area contributed by atoms with E-state index in [9.17, 15) is 4.79 Å². The maximum atomic E-state index is 11.9. The first-order valence-corrected chi connectivity index (χ1v) is 6.63. The van der Waals surface area contributed by atoms with Gasteiger partial charge in [0.2, 0.25) is 0 Å². The molecule has 0 aliphatic heterocycles. The van der Waals surface area contributed by atoms with Gasteiger partial charge >= 0.3 is 6.03 Å². The van der Waals surface area contributed by atoms with Gasteiger partial charge in [0, 0.05) is 12.3 Å². The molecule has 5 heteroatoms. The van der Waals surface area contributed by atoms with Gasteiger partial charge in [0.05, 0.1) is 12.8 Å². The van der Waals surface area contributed by atoms with Crippen LogP contribution in [0.4, 0.5) is 16.2 Å². The van der Waals surface area contributed by atoms with Crippen LogP contribution in [0, 0.1) is 0 Å². The van der Waals surface area contributed by atoms with Crippen LogP contribution in [0.25, 0.3) is 0 Å². The molecule has 3 N–H and O–H groups in total.